The molecule has 0 aliphatic carbocycles. The summed E-state index contributed by atoms with van der Waals surface area (Å²) in [5.41, 5.74) is 7.42. The molecule has 0 bridgehead atoms. The summed E-state index contributed by atoms with van der Waals surface area (Å²) in [5, 5.41) is 16.2. The molecule has 10 heteroatoms. The Morgan fingerprint density at radius 3 is 2.59 bits per heavy atom. The Morgan fingerprint density at radius 1 is 1.03 bits per heavy atom. The first-order valence-corrected chi connectivity index (χ1v) is 9.55. The van der Waals surface area contributed by atoms with Gasteiger partial charge in [-0.2, -0.15) is 9.61 Å². The van der Waals surface area contributed by atoms with E-state index >= 15 is 0 Å². The Hall–Kier alpha value is -3.79. The van der Waals surface area contributed by atoms with Gasteiger partial charge in [-0.05, 0) is 48.5 Å². The van der Waals surface area contributed by atoms with Crippen molar-refractivity contribution in [2.24, 2.45) is 5.73 Å². The summed E-state index contributed by atoms with van der Waals surface area (Å²) >= 11 is 1.28. The number of nitrogens with zero attached hydrogens (tertiary/aromatic N) is 5. The SMILES string of the molecule is NC(=O)c1ccc(NC(=O)CSc2ccc3nnc(-c4ccccn4)n3n2)cc1. The van der Waals surface area contributed by atoms with Crippen LogP contribution < -0.4 is 11.1 Å². The standard InChI is InChI=1S/C19H15N7O2S/c20-18(28)12-4-6-13(7-5-12)22-16(27)11-29-17-9-8-15-23-24-19(26(15)25-17)14-3-1-2-10-21-14/h1-10H,11H2,(H2,20,28)(H,22,27). The number of carbonyl (C=O) groups is 2. The molecular weight excluding hydrogens is 390 g/mol. The van der Waals surface area contributed by atoms with Gasteiger partial charge in [-0.3, -0.25) is 14.6 Å². The van der Waals surface area contributed by atoms with Gasteiger partial charge >= 0.3 is 0 Å². The van der Waals surface area contributed by atoms with E-state index in [0.29, 0.717) is 33.4 Å². The smallest absolute Gasteiger partial charge is 0.248 e. The van der Waals surface area contributed by atoms with Gasteiger partial charge in [0, 0.05) is 17.4 Å². The summed E-state index contributed by atoms with van der Waals surface area (Å²) in [6.07, 6.45) is 1.68. The molecule has 29 heavy (non-hydrogen) atoms. The first-order valence-electron chi connectivity index (χ1n) is 8.56. The fourth-order valence-electron chi connectivity index (χ4n) is 2.56. The Kier molecular flexibility index (Phi) is 5.16. The van der Waals surface area contributed by atoms with Crippen LogP contribution in [0.15, 0.2) is 65.8 Å². The first-order chi connectivity index (χ1) is 14.1. The molecule has 4 aromatic rings. The van der Waals surface area contributed by atoms with Crippen molar-refractivity contribution in [3.05, 3.63) is 66.4 Å². The van der Waals surface area contributed by atoms with Crippen molar-refractivity contribution in [1.29, 1.82) is 0 Å². The molecule has 0 radical (unpaired) electrons. The number of benzene rings is 1. The van der Waals surface area contributed by atoms with Gasteiger partial charge in [0.1, 0.15) is 10.7 Å². The zero-order chi connectivity index (χ0) is 20.2. The van der Waals surface area contributed by atoms with Crippen LogP contribution in [-0.4, -0.2) is 42.4 Å². The molecule has 3 N–H and O–H groups in total. The summed E-state index contributed by atoms with van der Waals surface area (Å²) in [4.78, 5) is 27.6. The number of nitrogens with two attached hydrogens (primary N) is 1. The van der Waals surface area contributed by atoms with E-state index in [2.05, 4.69) is 25.6 Å². The van der Waals surface area contributed by atoms with E-state index in [1.54, 1.807) is 47.1 Å². The Morgan fingerprint density at radius 2 is 1.86 bits per heavy atom. The van der Waals surface area contributed by atoms with Gasteiger partial charge in [0.2, 0.25) is 17.6 Å². The van der Waals surface area contributed by atoms with Crippen LogP contribution in [0.5, 0.6) is 0 Å². The van der Waals surface area contributed by atoms with E-state index in [9.17, 15) is 9.59 Å². The molecule has 4 rings (SSSR count). The highest BCUT2D eigenvalue weighted by molar-refractivity contribution is 7.99. The summed E-state index contributed by atoms with van der Waals surface area (Å²) in [6.45, 7) is 0. The number of rotatable bonds is 6. The van der Waals surface area contributed by atoms with E-state index in [0.717, 1.165) is 0 Å². The first kappa shape index (κ1) is 18.6. The van der Waals surface area contributed by atoms with Crippen LogP contribution in [0, 0.1) is 0 Å². The minimum Gasteiger partial charge on any atom is -0.366 e. The molecule has 0 aliphatic heterocycles. The molecule has 0 aliphatic rings. The van der Waals surface area contributed by atoms with E-state index in [-0.39, 0.29) is 11.7 Å². The van der Waals surface area contributed by atoms with Gasteiger partial charge in [0.15, 0.2) is 5.65 Å². The van der Waals surface area contributed by atoms with Gasteiger partial charge in [0.05, 0.1) is 5.75 Å². The second-order valence-electron chi connectivity index (χ2n) is 5.96. The number of hydrogen-bond acceptors (Lipinski definition) is 7. The number of anilines is 1. The van der Waals surface area contributed by atoms with Gasteiger partial charge in [0.25, 0.3) is 0 Å². The minimum absolute atomic E-state index is 0.164. The molecule has 0 unspecified atom stereocenters. The third-order valence-electron chi connectivity index (χ3n) is 3.94. The maximum Gasteiger partial charge on any atom is 0.248 e. The molecule has 0 saturated heterocycles. The number of aromatic nitrogens is 5. The highest BCUT2D eigenvalue weighted by atomic mass is 32.2. The van der Waals surface area contributed by atoms with Crippen molar-refractivity contribution in [2.75, 3.05) is 11.1 Å². The van der Waals surface area contributed by atoms with Gasteiger partial charge in [-0.25, -0.2) is 0 Å². The van der Waals surface area contributed by atoms with Crippen LogP contribution in [0.4, 0.5) is 5.69 Å². The maximum atomic E-state index is 12.2. The van der Waals surface area contributed by atoms with Crippen LogP contribution in [0.2, 0.25) is 0 Å². The molecule has 0 spiro atoms. The highest BCUT2D eigenvalue weighted by Gasteiger charge is 2.12. The summed E-state index contributed by atoms with van der Waals surface area (Å²) < 4.78 is 1.60. The quantitative estimate of drug-likeness (QED) is 0.470. The molecule has 144 valence electrons. The normalized spacial score (nSPS) is 10.8. The third-order valence-corrected chi connectivity index (χ3v) is 4.86. The van der Waals surface area contributed by atoms with Crippen molar-refractivity contribution in [3.8, 4) is 11.5 Å². The number of pyridine rings is 1. The van der Waals surface area contributed by atoms with E-state index in [1.165, 1.54) is 11.8 Å². The van der Waals surface area contributed by atoms with Crippen molar-refractivity contribution >= 4 is 34.9 Å². The predicted molar refractivity (Wildman–Crippen MR) is 108 cm³/mol. The average Bonchev–Trinajstić information content (AvgIpc) is 3.16. The fraction of sp³-hybridized carbons (Fsp3) is 0.0526. The number of primary amides is 1. The van der Waals surface area contributed by atoms with Crippen LogP contribution >= 0.6 is 11.8 Å². The molecular formula is C19H15N7O2S. The lowest BCUT2D eigenvalue weighted by Gasteiger charge is -2.06. The second-order valence-corrected chi connectivity index (χ2v) is 6.95. The maximum absolute atomic E-state index is 12.2. The third kappa shape index (κ3) is 4.22. The zero-order valence-electron chi connectivity index (χ0n) is 15.0. The number of carbonyl (C=O) groups excluding carboxylic acids is 2. The number of hydrogen-bond donors (Lipinski definition) is 2. The fourth-order valence-corrected chi connectivity index (χ4v) is 3.21. The topological polar surface area (TPSA) is 128 Å². The van der Waals surface area contributed by atoms with Crippen molar-refractivity contribution in [3.63, 3.8) is 0 Å². The van der Waals surface area contributed by atoms with E-state index in [1.807, 2.05) is 18.2 Å². The Labute approximate surface area is 169 Å². The van der Waals surface area contributed by atoms with Crippen molar-refractivity contribution in [1.82, 2.24) is 24.8 Å². The lowest BCUT2D eigenvalue weighted by Crippen LogP contribution is -2.15. The second kappa shape index (κ2) is 8.07. The molecule has 9 nitrogen and oxygen atoms in total. The Balaban J connectivity index is 1.44. The van der Waals surface area contributed by atoms with Crippen LogP contribution in [-0.2, 0) is 4.79 Å². The molecule has 1 aromatic carbocycles. The highest BCUT2D eigenvalue weighted by Crippen LogP contribution is 2.19. The van der Waals surface area contributed by atoms with Gasteiger partial charge < -0.3 is 11.1 Å². The average molecular weight is 405 g/mol. The molecule has 0 saturated carbocycles. The molecule has 3 heterocycles. The van der Waals surface area contributed by atoms with Crippen LogP contribution in [0.1, 0.15) is 10.4 Å². The predicted octanol–water partition coefficient (Wildman–Crippen LogP) is 2.02. The molecule has 0 fully saturated rings. The number of fused-ring (bicyclic) bond motifs is 1. The number of nitrogens with one attached hydrogen (secondary N) is 1. The zero-order valence-corrected chi connectivity index (χ0v) is 15.8. The van der Waals surface area contributed by atoms with E-state index in [4.69, 9.17) is 5.73 Å². The molecule has 0 atom stereocenters. The summed E-state index contributed by atoms with van der Waals surface area (Å²) in [5.74, 6) is -0.0182. The lowest BCUT2D eigenvalue weighted by molar-refractivity contribution is -0.113. The van der Waals surface area contributed by atoms with Crippen LogP contribution in [0.25, 0.3) is 17.2 Å². The van der Waals surface area contributed by atoms with Gasteiger partial charge in [-0.1, -0.05) is 17.8 Å². The number of thioether (sulfide) groups is 1. The minimum atomic E-state index is -0.515. The Bertz CT molecular complexity index is 1180. The molecule has 3 aromatic heterocycles. The largest absolute Gasteiger partial charge is 0.366 e. The number of amides is 2. The van der Waals surface area contributed by atoms with Gasteiger partial charge in [-0.15, -0.1) is 10.2 Å². The lowest BCUT2D eigenvalue weighted by atomic mass is 10.2. The van der Waals surface area contributed by atoms with Crippen molar-refractivity contribution < 1.29 is 9.59 Å². The summed E-state index contributed by atoms with van der Waals surface area (Å²) in [7, 11) is 0. The molecule has 2 amide bonds. The van der Waals surface area contributed by atoms with Crippen LogP contribution in [0.3, 0.4) is 0 Å². The monoisotopic (exact) mass is 405 g/mol. The summed E-state index contributed by atoms with van der Waals surface area (Å²) in [6, 6.07) is 15.5. The van der Waals surface area contributed by atoms with Crippen molar-refractivity contribution in [2.45, 2.75) is 5.03 Å². The van der Waals surface area contributed by atoms with E-state index < -0.39 is 5.91 Å².